The topological polar surface area (TPSA) is 70.6 Å². The Labute approximate surface area is 143 Å². The molecule has 5 nitrogen and oxygen atoms in total. The first-order valence-corrected chi connectivity index (χ1v) is 7.54. The third kappa shape index (κ3) is 6.14. The van der Waals surface area contributed by atoms with Crippen molar-refractivity contribution < 1.29 is 18.4 Å². The van der Waals surface area contributed by atoms with Gasteiger partial charge in [-0.05, 0) is 48.9 Å². The van der Waals surface area contributed by atoms with E-state index in [9.17, 15) is 18.4 Å². The maximum atomic E-state index is 12.8. The minimum atomic E-state index is -0.494. The van der Waals surface area contributed by atoms with E-state index < -0.39 is 11.7 Å². The highest BCUT2D eigenvalue weighted by Gasteiger charge is 2.07. The highest BCUT2D eigenvalue weighted by molar-refractivity contribution is 6.01. The lowest BCUT2D eigenvalue weighted by molar-refractivity contribution is -0.120. The maximum absolute atomic E-state index is 12.8. The van der Waals surface area contributed by atoms with Gasteiger partial charge in [-0.2, -0.15) is 5.10 Å². The number of amides is 2. The number of carbonyl (C=O) groups is 2. The molecule has 0 fully saturated rings. The van der Waals surface area contributed by atoms with Crippen LogP contribution < -0.4 is 10.7 Å². The average Bonchev–Trinajstić information content (AvgIpc) is 2.60. The first-order chi connectivity index (χ1) is 11.9. The third-order valence-electron chi connectivity index (χ3n) is 3.27. The van der Waals surface area contributed by atoms with Crippen LogP contribution in [0, 0.1) is 11.6 Å². The van der Waals surface area contributed by atoms with Crippen LogP contribution in [0.3, 0.4) is 0 Å². The summed E-state index contributed by atoms with van der Waals surface area (Å²) >= 11 is 0. The number of benzene rings is 2. The van der Waals surface area contributed by atoms with Gasteiger partial charge in [-0.25, -0.2) is 14.2 Å². The molecule has 0 aliphatic carbocycles. The molecule has 0 saturated heterocycles. The SMILES string of the molecule is CC(CC(=O)NCc1ccc(F)cc1)=NNC(=O)c1ccc(F)cc1. The summed E-state index contributed by atoms with van der Waals surface area (Å²) in [4.78, 5) is 23.6. The molecular weight excluding hydrogens is 328 g/mol. The highest BCUT2D eigenvalue weighted by atomic mass is 19.1. The van der Waals surface area contributed by atoms with E-state index in [2.05, 4.69) is 15.8 Å². The number of carbonyl (C=O) groups excluding carboxylic acids is 2. The lowest BCUT2D eigenvalue weighted by atomic mass is 10.2. The van der Waals surface area contributed by atoms with Crippen LogP contribution >= 0.6 is 0 Å². The lowest BCUT2D eigenvalue weighted by Gasteiger charge is -2.06. The fraction of sp³-hybridized carbons (Fsp3) is 0.167. The van der Waals surface area contributed by atoms with Gasteiger partial charge in [0.15, 0.2) is 0 Å². The minimum absolute atomic E-state index is 0.00485. The van der Waals surface area contributed by atoms with E-state index in [4.69, 9.17) is 0 Å². The zero-order chi connectivity index (χ0) is 18.2. The van der Waals surface area contributed by atoms with Gasteiger partial charge in [0.1, 0.15) is 11.6 Å². The zero-order valence-electron chi connectivity index (χ0n) is 13.6. The molecule has 0 aliphatic heterocycles. The average molecular weight is 345 g/mol. The predicted molar refractivity (Wildman–Crippen MR) is 89.8 cm³/mol. The molecule has 130 valence electrons. The van der Waals surface area contributed by atoms with Crippen molar-refractivity contribution in [2.24, 2.45) is 5.10 Å². The van der Waals surface area contributed by atoms with Gasteiger partial charge in [0.05, 0.1) is 6.42 Å². The monoisotopic (exact) mass is 345 g/mol. The first kappa shape index (κ1) is 18.3. The van der Waals surface area contributed by atoms with Gasteiger partial charge in [0.25, 0.3) is 5.91 Å². The van der Waals surface area contributed by atoms with Crippen molar-refractivity contribution in [3.63, 3.8) is 0 Å². The number of halogens is 2. The molecule has 2 N–H and O–H groups in total. The second-order valence-corrected chi connectivity index (χ2v) is 5.37. The van der Waals surface area contributed by atoms with Crippen LogP contribution in [0.5, 0.6) is 0 Å². The third-order valence-corrected chi connectivity index (χ3v) is 3.27. The molecule has 0 spiro atoms. The second kappa shape index (κ2) is 8.68. The quantitative estimate of drug-likeness (QED) is 0.624. The Bertz CT molecular complexity index is 772. The molecule has 0 unspecified atom stereocenters. The van der Waals surface area contributed by atoms with Crippen molar-refractivity contribution in [2.75, 3.05) is 0 Å². The molecule has 0 aromatic heterocycles. The van der Waals surface area contributed by atoms with E-state index in [-0.39, 0.29) is 30.3 Å². The van der Waals surface area contributed by atoms with Gasteiger partial charge in [0.2, 0.25) is 5.91 Å². The Hall–Kier alpha value is -3.09. The lowest BCUT2D eigenvalue weighted by Crippen LogP contribution is -2.26. The summed E-state index contributed by atoms with van der Waals surface area (Å²) in [6, 6.07) is 10.8. The summed E-state index contributed by atoms with van der Waals surface area (Å²) in [5.74, 6) is -1.54. The van der Waals surface area contributed by atoms with E-state index in [1.54, 1.807) is 19.1 Å². The van der Waals surface area contributed by atoms with Crippen LogP contribution in [0.15, 0.2) is 53.6 Å². The summed E-state index contributed by atoms with van der Waals surface area (Å²) in [5, 5.41) is 6.52. The number of hydrogen-bond donors (Lipinski definition) is 2. The summed E-state index contributed by atoms with van der Waals surface area (Å²) in [6.45, 7) is 1.87. The summed E-state index contributed by atoms with van der Waals surface area (Å²) in [6.07, 6.45) is 0.00485. The van der Waals surface area contributed by atoms with E-state index in [0.717, 1.165) is 5.56 Å². The van der Waals surface area contributed by atoms with Gasteiger partial charge >= 0.3 is 0 Å². The van der Waals surface area contributed by atoms with Gasteiger partial charge in [0, 0.05) is 17.8 Å². The smallest absolute Gasteiger partial charge is 0.271 e. The number of rotatable bonds is 6. The van der Waals surface area contributed by atoms with Crippen molar-refractivity contribution in [1.82, 2.24) is 10.7 Å². The Morgan fingerprint density at radius 3 is 2.12 bits per heavy atom. The van der Waals surface area contributed by atoms with E-state index >= 15 is 0 Å². The van der Waals surface area contributed by atoms with Crippen molar-refractivity contribution >= 4 is 17.5 Å². The summed E-state index contributed by atoms with van der Waals surface area (Å²) in [7, 11) is 0. The molecule has 2 aromatic rings. The second-order valence-electron chi connectivity index (χ2n) is 5.37. The molecular formula is C18H17F2N3O2. The van der Waals surface area contributed by atoms with E-state index in [1.165, 1.54) is 36.4 Å². The van der Waals surface area contributed by atoms with Crippen LogP contribution in [0.2, 0.25) is 0 Å². The largest absolute Gasteiger partial charge is 0.352 e. The zero-order valence-corrected chi connectivity index (χ0v) is 13.6. The molecule has 25 heavy (non-hydrogen) atoms. The Kier molecular flexibility index (Phi) is 6.33. The standard InChI is InChI=1S/C18H17F2N3O2/c1-12(22-23-18(25)14-4-8-16(20)9-5-14)10-17(24)21-11-13-2-6-15(19)7-3-13/h2-9H,10-11H2,1H3,(H,21,24)(H,23,25). The predicted octanol–water partition coefficient (Wildman–Crippen LogP) is 2.78. The number of nitrogens with zero attached hydrogens (tertiary/aromatic N) is 1. The molecule has 0 heterocycles. The van der Waals surface area contributed by atoms with Crippen molar-refractivity contribution in [2.45, 2.75) is 19.9 Å². The fourth-order valence-electron chi connectivity index (χ4n) is 1.95. The Balaban J connectivity index is 1.79. The molecule has 0 saturated carbocycles. The van der Waals surface area contributed by atoms with Crippen molar-refractivity contribution in [3.05, 3.63) is 71.3 Å². The maximum Gasteiger partial charge on any atom is 0.271 e. The van der Waals surface area contributed by atoms with Crippen LogP contribution in [-0.4, -0.2) is 17.5 Å². The van der Waals surface area contributed by atoms with Crippen molar-refractivity contribution in [1.29, 1.82) is 0 Å². The van der Waals surface area contributed by atoms with Crippen LogP contribution in [0.4, 0.5) is 8.78 Å². The molecule has 0 bridgehead atoms. The fourth-order valence-corrected chi connectivity index (χ4v) is 1.95. The van der Waals surface area contributed by atoms with E-state index in [0.29, 0.717) is 5.71 Å². The van der Waals surface area contributed by atoms with Gasteiger partial charge in [-0.3, -0.25) is 9.59 Å². The molecule has 7 heteroatoms. The van der Waals surface area contributed by atoms with Gasteiger partial charge in [-0.15, -0.1) is 0 Å². The van der Waals surface area contributed by atoms with E-state index in [1.807, 2.05) is 0 Å². The molecule has 2 aromatic carbocycles. The summed E-state index contributed by atoms with van der Waals surface area (Å²) < 4.78 is 25.6. The molecule has 2 rings (SSSR count). The summed E-state index contributed by atoms with van der Waals surface area (Å²) in [5.41, 5.74) is 3.75. The number of hydrazone groups is 1. The molecule has 0 radical (unpaired) electrons. The highest BCUT2D eigenvalue weighted by Crippen LogP contribution is 2.03. The van der Waals surface area contributed by atoms with Crippen LogP contribution in [-0.2, 0) is 11.3 Å². The van der Waals surface area contributed by atoms with Gasteiger partial charge in [-0.1, -0.05) is 12.1 Å². The molecule has 0 atom stereocenters. The van der Waals surface area contributed by atoms with Gasteiger partial charge < -0.3 is 5.32 Å². The number of hydrogen-bond acceptors (Lipinski definition) is 3. The Morgan fingerprint density at radius 1 is 0.960 bits per heavy atom. The van der Waals surface area contributed by atoms with Crippen LogP contribution in [0.25, 0.3) is 0 Å². The Morgan fingerprint density at radius 2 is 1.52 bits per heavy atom. The molecule has 2 amide bonds. The normalized spacial score (nSPS) is 11.1. The van der Waals surface area contributed by atoms with Crippen LogP contribution in [0.1, 0.15) is 29.3 Å². The number of nitrogens with one attached hydrogen (secondary N) is 2. The first-order valence-electron chi connectivity index (χ1n) is 7.54. The minimum Gasteiger partial charge on any atom is -0.352 e. The van der Waals surface area contributed by atoms with Crippen molar-refractivity contribution in [3.8, 4) is 0 Å². The molecule has 0 aliphatic rings.